The van der Waals surface area contributed by atoms with Gasteiger partial charge in [-0.1, -0.05) is 45.9 Å². The fourth-order valence-electron chi connectivity index (χ4n) is 5.24. The quantitative estimate of drug-likeness (QED) is 0.169. The van der Waals surface area contributed by atoms with E-state index in [1.807, 2.05) is 38.1 Å². The van der Waals surface area contributed by atoms with Crippen LogP contribution in [0.5, 0.6) is 0 Å². The molecule has 0 unspecified atom stereocenters. The molecular weight excluding hydrogens is 598 g/mol. The van der Waals surface area contributed by atoms with E-state index in [0.29, 0.717) is 5.56 Å². The van der Waals surface area contributed by atoms with E-state index < -0.39 is 84.0 Å². The van der Waals surface area contributed by atoms with Crippen LogP contribution >= 0.6 is 0 Å². The van der Waals surface area contributed by atoms with Crippen LogP contribution in [0.15, 0.2) is 30.5 Å². The summed E-state index contributed by atoms with van der Waals surface area (Å²) in [6, 6.07) is 0.705. The SMILES string of the molecule is CC(C)C[C@@H]1NC(=O)[C@@H](C(C)C)NC(=O)[C@H](CCC(N)=O)NC(=O)[C@@H](CC(=O)O)NC(=O)[C@@H](Cc2c[nH]c3ccccc23)NC1=O. The van der Waals surface area contributed by atoms with Gasteiger partial charge >= 0.3 is 5.97 Å². The molecule has 0 aliphatic carbocycles. The molecule has 0 radical (unpaired) electrons. The van der Waals surface area contributed by atoms with Crippen molar-refractivity contribution in [1.82, 2.24) is 31.6 Å². The minimum atomic E-state index is -1.66. The van der Waals surface area contributed by atoms with Crippen molar-refractivity contribution in [2.75, 3.05) is 0 Å². The lowest BCUT2D eigenvalue weighted by Crippen LogP contribution is -2.59. The van der Waals surface area contributed by atoms with Gasteiger partial charge in [0.2, 0.25) is 35.4 Å². The molecule has 1 aromatic heterocycles. The highest BCUT2D eigenvalue weighted by atomic mass is 16.4. The van der Waals surface area contributed by atoms with Gasteiger partial charge in [-0.25, -0.2) is 0 Å². The molecule has 1 aliphatic heterocycles. The molecule has 0 bridgehead atoms. The summed E-state index contributed by atoms with van der Waals surface area (Å²) in [6.45, 7) is 7.06. The first-order valence-electron chi connectivity index (χ1n) is 15.2. The van der Waals surface area contributed by atoms with Gasteiger partial charge in [-0.2, -0.15) is 0 Å². The highest BCUT2D eigenvalue weighted by Gasteiger charge is 2.36. The Bertz CT molecular complexity index is 1470. The van der Waals surface area contributed by atoms with E-state index >= 15 is 0 Å². The third-order valence-electron chi connectivity index (χ3n) is 7.64. The van der Waals surface area contributed by atoms with Crippen LogP contribution in [-0.4, -0.2) is 81.7 Å². The van der Waals surface area contributed by atoms with E-state index in [1.54, 1.807) is 20.0 Å². The van der Waals surface area contributed by atoms with E-state index in [4.69, 9.17) is 5.73 Å². The second-order valence-corrected chi connectivity index (χ2v) is 12.3. The minimum absolute atomic E-state index is 0.0404. The number of H-pyrrole nitrogens is 1. The number of carboxylic acid groups (broad SMARTS) is 1. The molecule has 0 saturated carbocycles. The summed E-state index contributed by atoms with van der Waals surface area (Å²) in [5, 5.41) is 23.2. The molecule has 15 nitrogen and oxygen atoms in total. The molecule has 2 heterocycles. The lowest BCUT2D eigenvalue weighted by molar-refractivity contribution is -0.141. The average Bonchev–Trinajstić information content (AvgIpc) is 3.38. The first-order valence-corrected chi connectivity index (χ1v) is 15.2. The number of rotatable bonds is 10. The number of primary amides is 1. The van der Waals surface area contributed by atoms with Crippen molar-refractivity contribution in [3.05, 3.63) is 36.0 Å². The smallest absolute Gasteiger partial charge is 0.305 e. The number of carbonyl (C=O) groups is 7. The van der Waals surface area contributed by atoms with Crippen molar-refractivity contribution >= 4 is 52.3 Å². The van der Waals surface area contributed by atoms with Crippen molar-refractivity contribution in [3.8, 4) is 0 Å². The predicted molar refractivity (Wildman–Crippen MR) is 167 cm³/mol. The molecule has 9 N–H and O–H groups in total. The summed E-state index contributed by atoms with van der Waals surface area (Å²) in [5.74, 6) is -6.75. The lowest BCUT2D eigenvalue weighted by Gasteiger charge is -2.28. The molecule has 1 saturated heterocycles. The van der Waals surface area contributed by atoms with Gasteiger partial charge in [-0.3, -0.25) is 33.6 Å². The third kappa shape index (κ3) is 9.78. The van der Waals surface area contributed by atoms with Gasteiger partial charge in [0.1, 0.15) is 30.2 Å². The number of aromatic nitrogens is 1. The highest BCUT2D eigenvalue weighted by molar-refractivity contribution is 5.99. The first-order chi connectivity index (χ1) is 21.7. The zero-order chi connectivity index (χ0) is 34.1. The van der Waals surface area contributed by atoms with Crippen molar-refractivity contribution in [2.24, 2.45) is 17.6 Å². The van der Waals surface area contributed by atoms with Crippen LogP contribution in [0.1, 0.15) is 58.9 Å². The van der Waals surface area contributed by atoms with Gasteiger partial charge in [0, 0.05) is 29.9 Å². The zero-order valence-electron chi connectivity index (χ0n) is 26.3. The minimum Gasteiger partial charge on any atom is -0.481 e. The van der Waals surface area contributed by atoms with Crippen LogP contribution in [0, 0.1) is 11.8 Å². The molecule has 15 heteroatoms. The number of para-hydroxylation sites is 1. The number of amides is 6. The number of hydrogen-bond donors (Lipinski definition) is 8. The van der Waals surface area contributed by atoms with Gasteiger partial charge in [0.15, 0.2) is 0 Å². The predicted octanol–water partition coefficient (Wildman–Crippen LogP) is -0.410. The molecular formula is C31H43N7O8. The van der Waals surface area contributed by atoms with Crippen LogP contribution < -0.4 is 32.3 Å². The van der Waals surface area contributed by atoms with Crippen LogP contribution in [0.4, 0.5) is 0 Å². The molecule has 5 atom stereocenters. The van der Waals surface area contributed by atoms with Gasteiger partial charge in [0.25, 0.3) is 0 Å². The number of fused-ring (bicyclic) bond motifs is 1. The Morgan fingerprint density at radius 2 is 1.35 bits per heavy atom. The van der Waals surface area contributed by atoms with Gasteiger partial charge in [0.05, 0.1) is 6.42 Å². The second-order valence-electron chi connectivity index (χ2n) is 12.3. The van der Waals surface area contributed by atoms with Gasteiger partial charge in [-0.15, -0.1) is 0 Å². The van der Waals surface area contributed by atoms with Gasteiger partial charge < -0.3 is 42.4 Å². The fraction of sp³-hybridized carbons (Fsp3) is 0.516. The van der Waals surface area contributed by atoms with Crippen molar-refractivity contribution in [3.63, 3.8) is 0 Å². The monoisotopic (exact) mass is 641 g/mol. The highest BCUT2D eigenvalue weighted by Crippen LogP contribution is 2.20. The van der Waals surface area contributed by atoms with E-state index in [1.165, 1.54) is 0 Å². The Hall–Kier alpha value is -4.95. The fourth-order valence-corrected chi connectivity index (χ4v) is 5.24. The summed E-state index contributed by atoms with van der Waals surface area (Å²) in [4.78, 5) is 94.2. The Kier molecular flexibility index (Phi) is 12.3. The number of hydrogen-bond acceptors (Lipinski definition) is 7. The molecule has 250 valence electrons. The number of aromatic amines is 1. The summed E-state index contributed by atoms with van der Waals surface area (Å²) in [5.41, 5.74) is 6.73. The number of aliphatic carboxylic acids is 1. The number of carbonyl (C=O) groups excluding carboxylic acids is 6. The van der Waals surface area contributed by atoms with Crippen molar-refractivity contribution in [1.29, 1.82) is 0 Å². The second kappa shape index (κ2) is 15.9. The molecule has 1 aliphatic rings. The molecule has 1 aromatic carbocycles. The molecule has 3 rings (SSSR count). The van der Waals surface area contributed by atoms with E-state index in [2.05, 4.69) is 31.6 Å². The lowest BCUT2D eigenvalue weighted by atomic mass is 9.98. The molecule has 2 aromatic rings. The Morgan fingerprint density at radius 1 is 0.783 bits per heavy atom. The Labute approximate surface area is 266 Å². The normalized spacial score (nSPS) is 23.5. The van der Waals surface area contributed by atoms with Crippen LogP contribution in [0.25, 0.3) is 10.9 Å². The molecule has 1 fully saturated rings. The molecule has 0 spiro atoms. The largest absolute Gasteiger partial charge is 0.481 e. The average molecular weight is 642 g/mol. The number of carboxylic acids is 1. The summed E-state index contributed by atoms with van der Waals surface area (Å²) < 4.78 is 0. The van der Waals surface area contributed by atoms with Crippen molar-refractivity contribution < 1.29 is 38.7 Å². The van der Waals surface area contributed by atoms with E-state index in [0.717, 1.165) is 10.9 Å². The molecule has 6 amide bonds. The number of nitrogens with one attached hydrogen (secondary N) is 6. The zero-order valence-corrected chi connectivity index (χ0v) is 26.3. The maximum Gasteiger partial charge on any atom is 0.305 e. The number of nitrogens with two attached hydrogens (primary N) is 1. The maximum absolute atomic E-state index is 13.8. The summed E-state index contributed by atoms with van der Waals surface area (Å²) in [7, 11) is 0. The first kappa shape index (κ1) is 35.5. The Morgan fingerprint density at radius 3 is 1.98 bits per heavy atom. The van der Waals surface area contributed by atoms with Crippen LogP contribution in [-0.2, 0) is 40.0 Å². The van der Waals surface area contributed by atoms with E-state index in [-0.39, 0.29) is 31.6 Å². The summed E-state index contributed by atoms with van der Waals surface area (Å²) in [6.07, 6.45) is 0.422. The summed E-state index contributed by atoms with van der Waals surface area (Å²) >= 11 is 0. The standard InChI is InChI=1S/C31H43N7O8/c1-15(2)11-21-28(43)35-22(12-17-14-33-19-8-6-5-7-18(17)19)29(44)36-23(13-25(40)41)30(45)34-20(9-10-24(32)39)27(42)38-26(16(3)4)31(46)37-21/h5-8,14-16,20-23,26,33H,9-13H2,1-4H3,(H2,32,39)(H,34,45)(H,35,43)(H,36,44)(H,37,46)(H,38,42)(H,40,41)/t20-,21-,22+,23+,26+/m0/s1. The van der Waals surface area contributed by atoms with Crippen molar-refractivity contribution in [2.45, 2.75) is 90.0 Å². The Balaban J connectivity index is 2.09. The van der Waals surface area contributed by atoms with E-state index in [9.17, 15) is 38.7 Å². The van der Waals surface area contributed by atoms with Crippen LogP contribution in [0.3, 0.4) is 0 Å². The maximum atomic E-state index is 13.8. The third-order valence-corrected chi connectivity index (χ3v) is 7.64. The number of benzene rings is 1. The van der Waals surface area contributed by atoms with Crippen LogP contribution in [0.2, 0.25) is 0 Å². The van der Waals surface area contributed by atoms with Gasteiger partial charge in [-0.05, 0) is 36.3 Å². The topological polar surface area (TPSA) is 242 Å². The molecule has 46 heavy (non-hydrogen) atoms.